The molecule has 0 spiro atoms. The molecule has 0 bridgehead atoms. The Morgan fingerprint density at radius 1 is 1.05 bits per heavy atom. The number of nitrogens with zero attached hydrogens (tertiary/aromatic N) is 3. The normalized spacial score (nSPS) is 12.7. The van der Waals surface area contributed by atoms with Crippen molar-refractivity contribution < 1.29 is 20.1 Å². The van der Waals surface area contributed by atoms with Crippen LogP contribution in [0.3, 0.4) is 0 Å². The van der Waals surface area contributed by atoms with Crippen LogP contribution in [0.25, 0.3) is 0 Å². The van der Waals surface area contributed by atoms with E-state index in [2.05, 4.69) is 53.3 Å². The molecular weight excluding hydrogens is 413 g/mol. The number of anilines is 3. The number of pyridine rings is 1. The van der Waals surface area contributed by atoms with Gasteiger partial charge >= 0.3 is 7.55 Å². The van der Waals surface area contributed by atoms with Crippen LogP contribution < -0.4 is 9.62 Å². The average molecular weight is 428 g/mol. The van der Waals surface area contributed by atoms with Gasteiger partial charge in [-0.25, -0.2) is 4.98 Å². The largest absolute Gasteiger partial charge is 0.397 e. The number of benzene rings is 1. The van der Waals surface area contributed by atoms with Crippen molar-refractivity contribution in [2.45, 2.75) is 13.3 Å². The van der Waals surface area contributed by atoms with E-state index in [0.717, 1.165) is 18.8 Å². The van der Waals surface area contributed by atoms with Gasteiger partial charge in [-0.2, -0.15) is 0 Å². The van der Waals surface area contributed by atoms with Crippen LogP contribution in [0.4, 0.5) is 17.2 Å². The molecule has 2 radical (unpaired) electrons. The third-order valence-corrected chi connectivity index (χ3v) is 3.07. The smallest absolute Gasteiger partial charge is 0.397 e. The van der Waals surface area contributed by atoms with Gasteiger partial charge in [0.2, 0.25) is 0 Å². The van der Waals surface area contributed by atoms with Crippen molar-refractivity contribution in [3.8, 4) is 0 Å². The summed E-state index contributed by atoms with van der Waals surface area (Å²) in [6, 6.07) is 14.4. The van der Waals surface area contributed by atoms with Crippen molar-refractivity contribution in [3.63, 3.8) is 0 Å². The van der Waals surface area contributed by atoms with E-state index < -0.39 is 0 Å². The van der Waals surface area contributed by atoms with Crippen LogP contribution in [0.15, 0.2) is 48.7 Å². The minimum Gasteiger partial charge on any atom is -0.397 e. The topological polar surface area (TPSA) is 19.4 Å². The number of para-hydroxylation sites is 2. The summed E-state index contributed by atoms with van der Waals surface area (Å²) in [5.74, 6) is 0.962. The van der Waals surface area contributed by atoms with Crippen LogP contribution in [0.2, 0.25) is 0 Å². The van der Waals surface area contributed by atoms with Gasteiger partial charge in [0.05, 0.1) is 5.69 Å². The zero-order chi connectivity index (χ0) is 12.4. The summed E-state index contributed by atoms with van der Waals surface area (Å²) in [6.07, 6.45) is 2.95. The van der Waals surface area contributed by atoms with Crippen molar-refractivity contribution in [1.82, 2.24) is 4.98 Å². The molecule has 2 aromatic rings. The fourth-order valence-corrected chi connectivity index (χ4v) is 2.27. The summed E-state index contributed by atoms with van der Waals surface area (Å²) in [5.41, 5.74) is 2.45. The van der Waals surface area contributed by atoms with Gasteiger partial charge in [-0.15, -0.1) is 0 Å². The first-order valence-corrected chi connectivity index (χ1v) is 6.31. The van der Waals surface area contributed by atoms with Crippen molar-refractivity contribution in [2.75, 3.05) is 16.2 Å². The molecule has 1 aromatic heterocycles. The second-order valence-electron chi connectivity index (χ2n) is 4.36. The van der Waals surface area contributed by atoms with E-state index in [9.17, 15) is 0 Å². The Morgan fingerprint density at radius 2 is 1.79 bits per heavy atom. The van der Waals surface area contributed by atoms with Crippen LogP contribution in [-0.2, 0) is 20.1 Å². The summed E-state index contributed by atoms with van der Waals surface area (Å²) in [4.78, 5) is 8.85. The summed E-state index contributed by atoms with van der Waals surface area (Å²) >= 11 is 0. The standard InChI is InChI=1S/C14H15BN3.Ir/c1-2-11-17-12-7-3-4-8-13(12)18(15-17)14-9-5-6-10-16-14;/h3-10H,2,11H2,1H3;. The number of aromatic nitrogens is 1. The minimum absolute atomic E-state index is 0. The third kappa shape index (κ3) is 2.67. The van der Waals surface area contributed by atoms with Gasteiger partial charge < -0.3 is 9.62 Å². The zero-order valence-corrected chi connectivity index (χ0v) is 13.2. The van der Waals surface area contributed by atoms with Crippen molar-refractivity contribution in [1.29, 1.82) is 0 Å². The fraction of sp³-hybridized carbons (Fsp3) is 0.214. The predicted octanol–water partition coefficient (Wildman–Crippen LogP) is 2.98. The molecule has 0 aliphatic carbocycles. The van der Waals surface area contributed by atoms with E-state index in [0.29, 0.717) is 0 Å². The average Bonchev–Trinajstić information content (AvgIpc) is 2.80. The quantitative estimate of drug-likeness (QED) is 0.701. The molecule has 1 aromatic carbocycles. The zero-order valence-electron chi connectivity index (χ0n) is 10.8. The maximum absolute atomic E-state index is 4.42. The number of fused-ring (bicyclic) bond motifs is 1. The van der Waals surface area contributed by atoms with Crippen molar-refractivity contribution in [2.24, 2.45) is 0 Å². The SMILES string of the molecule is CCCN1[B]N(c2ccccn2)c2ccccc21.[Ir]. The predicted molar refractivity (Wildman–Crippen MR) is 76.2 cm³/mol. The van der Waals surface area contributed by atoms with Gasteiger partial charge in [-0.3, -0.25) is 0 Å². The second kappa shape index (κ2) is 6.22. The summed E-state index contributed by atoms with van der Waals surface area (Å²) < 4.78 is 0. The third-order valence-electron chi connectivity index (χ3n) is 3.07. The van der Waals surface area contributed by atoms with Crippen LogP contribution in [0.1, 0.15) is 13.3 Å². The van der Waals surface area contributed by atoms with Gasteiger partial charge in [-0.1, -0.05) is 25.1 Å². The van der Waals surface area contributed by atoms with E-state index in [1.165, 1.54) is 11.4 Å². The van der Waals surface area contributed by atoms with Gasteiger partial charge in [0.1, 0.15) is 5.82 Å². The van der Waals surface area contributed by atoms with Gasteiger partial charge in [0, 0.05) is 38.5 Å². The Morgan fingerprint density at radius 3 is 2.47 bits per heavy atom. The summed E-state index contributed by atoms with van der Waals surface area (Å²) in [6.45, 7) is 3.22. The molecule has 2 heterocycles. The van der Waals surface area contributed by atoms with Gasteiger partial charge in [0.25, 0.3) is 0 Å². The molecular formula is C14H15BIrN3. The monoisotopic (exact) mass is 429 g/mol. The van der Waals surface area contributed by atoms with E-state index in [1.807, 2.05) is 24.4 Å². The maximum atomic E-state index is 4.42. The molecule has 0 fully saturated rings. The molecule has 19 heavy (non-hydrogen) atoms. The molecule has 0 saturated heterocycles. The van der Waals surface area contributed by atoms with Crippen molar-refractivity contribution >= 4 is 24.7 Å². The molecule has 5 heteroatoms. The van der Waals surface area contributed by atoms with Crippen LogP contribution >= 0.6 is 0 Å². The summed E-state index contributed by atoms with van der Waals surface area (Å²) in [5, 5.41) is 0. The van der Waals surface area contributed by atoms with E-state index in [-0.39, 0.29) is 20.1 Å². The minimum atomic E-state index is 0. The molecule has 0 amide bonds. The van der Waals surface area contributed by atoms with E-state index >= 15 is 0 Å². The molecule has 1 aliphatic heterocycles. The second-order valence-corrected chi connectivity index (χ2v) is 4.36. The van der Waals surface area contributed by atoms with Crippen LogP contribution in [-0.4, -0.2) is 19.1 Å². The van der Waals surface area contributed by atoms with Crippen molar-refractivity contribution in [3.05, 3.63) is 48.7 Å². The number of hydrogen-bond acceptors (Lipinski definition) is 3. The Labute approximate surface area is 128 Å². The first-order valence-electron chi connectivity index (χ1n) is 6.31. The van der Waals surface area contributed by atoms with Crippen LogP contribution in [0.5, 0.6) is 0 Å². The maximum Gasteiger partial charge on any atom is 0.397 e. The molecule has 0 atom stereocenters. The van der Waals surface area contributed by atoms with Gasteiger partial charge in [-0.05, 0) is 30.7 Å². The molecule has 0 N–H and O–H groups in total. The first-order chi connectivity index (χ1) is 8.90. The first kappa shape index (κ1) is 14.1. The van der Waals surface area contributed by atoms with E-state index in [4.69, 9.17) is 0 Å². The number of rotatable bonds is 3. The Bertz CT molecular complexity index is 535. The number of hydrogen-bond donors (Lipinski definition) is 0. The molecule has 0 unspecified atom stereocenters. The fourth-order valence-electron chi connectivity index (χ4n) is 2.27. The Balaban J connectivity index is 0.00000133. The van der Waals surface area contributed by atoms with E-state index in [1.54, 1.807) is 0 Å². The summed E-state index contributed by atoms with van der Waals surface area (Å²) in [7, 11) is 2.14. The Kier molecular flexibility index (Phi) is 4.62. The molecule has 3 nitrogen and oxygen atoms in total. The van der Waals surface area contributed by atoms with Crippen LogP contribution in [0, 0.1) is 0 Å². The van der Waals surface area contributed by atoms with Gasteiger partial charge in [0.15, 0.2) is 0 Å². The molecule has 1 aliphatic rings. The Hall–Kier alpha value is -1.32. The molecule has 3 rings (SSSR count). The molecule has 98 valence electrons. The molecule has 0 saturated carbocycles.